The number of thiophene rings is 1. The number of nitrogens with one attached hydrogen (secondary N) is 2. The molecule has 0 aliphatic carbocycles. The van der Waals surface area contributed by atoms with Gasteiger partial charge in [-0.25, -0.2) is 0 Å². The summed E-state index contributed by atoms with van der Waals surface area (Å²) >= 11 is 1.63. The zero-order valence-corrected chi connectivity index (χ0v) is 12.2. The SMILES string of the molecule is CNCCCNC(=O)C(C)(C)c1cccs1.Cl. The standard InChI is InChI=1S/C12H20N2OS.ClH/c1-12(2,10-6-4-9-16-10)11(15)14-8-5-7-13-3;/h4,6,9,13H,5,7-8H2,1-3H3,(H,14,15);1H. The number of rotatable bonds is 6. The third kappa shape index (κ3) is 4.66. The first-order chi connectivity index (χ1) is 7.59. The lowest BCUT2D eigenvalue weighted by Gasteiger charge is -2.22. The summed E-state index contributed by atoms with van der Waals surface area (Å²) in [7, 11) is 1.91. The van der Waals surface area contributed by atoms with Crippen LogP contribution in [0.15, 0.2) is 17.5 Å². The zero-order valence-electron chi connectivity index (χ0n) is 10.6. The van der Waals surface area contributed by atoms with Crippen LogP contribution in [0.3, 0.4) is 0 Å². The van der Waals surface area contributed by atoms with E-state index in [4.69, 9.17) is 0 Å². The molecule has 1 rings (SSSR count). The second-order valence-electron chi connectivity index (χ2n) is 4.32. The van der Waals surface area contributed by atoms with Crippen molar-refractivity contribution in [1.29, 1.82) is 0 Å². The summed E-state index contributed by atoms with van der Waals surface area (Å²) in [6.07, 6.45) is 0.961. The summed E-state index contributed by atoms with van der Waals surface area (Å²) in [4.78, 5) is 13.1. The fourth-order valence-electron chi connectivity index (χ4n) is 1.43. The predicted octanol–water partition coefficient (Wildman–Crippen LogP) is 2.17. The van der Waals surface area contributed by atoms with E-state index in [1.54, 1.807) is 11.3 Å². The molecule has 0 fully saturated rings. The van der Waals surface area contributed by atoms with Crippen molar-refractivity contribution in [2.24, 2.45) is 0 Å². The zero-order chi connectivity index (χ0) is 12.0. The molecule has 17 heavy (non-hydrogen) atoms. The number of hydrogen-bond donors (Lipinski definition) is 2. The largest absolute Gasteiger partial charge is 0.355 e. The Morgan fingerprint density at radius 2 is 2.12 bits per heavy atom. The maximum atomic E-state index is 12.0. The average Bonchev–Trinajstić information content (AvgIpc) is 2.77. The number of halogens is 1. The highest BCUT2D eigenvalue weighted by molar-refractivity contribution is 7.10. The van der Waals surface area contributed by atoms with Gasteiger partial charge in [-0.15, -0.1) is 23.7 Å². The highest BCUT2D eigenvalue weighted by Crippen LogP contribution is 2.27. The van der Waals surface area contributed by atoms with Crippen LogP contribution in [0.25, 0.3) is 0 Å². The van der Waals surface area contributed by atoms with Gasteiger partial charge in [-0.2, -0.15) is 0 Å². The van der Waals surface area contributed by atoms with Crippen molar-refractivity contribution in [3.05, 3.63) is 22.4 Å². The van der Waals surface area contributed by atoms with E-state index in [1.165, 1.54) is 0 Å². The molecule has 0 bridgehead atoms. The number of amides is 1. The maximum Gasteiger partial charge on any atom is 0.230 e. The van der Waals surface area contributed by atoms with Crippen LogP contribution in [0.4, 0.5) is 0 Å². The first-order valence-corrected chi connectivity index (χ1v) is 6.44. The van der Waals surface area contributed by atoms with Gasteiger partial charge in [0.15, 0.2) is 0 Å². The first kappa shape index (κ1) is 16.4. The van der Waals surface area contributed by atoms with Crippen LogP contribution in [-0.4, -0.2) is 26.0 Å². The van der Waals surface area contributed by atoms with Gasteiger partial charge in [0.25, 0.3) is 0 Å². The molecule has 0 unspecified atom stereocenters. The molecule has 0 aliphatic rings. The van der Waals surface area contributed by atoms with Crippen LogP contribution < -0.4 is 10.6 Å². The van der Waals surface area contributed by atoms with Crippen LogP contribution in [0.5, 0.6) is 0 Å². The summed E-state index contributed by atoms with van der Waals surface area (Å²) < 4.78 is 0. The Labute approximate surface area is 113 Å². The molecule has 0 aliphatic heterocycles. The fourth-order valence-corrected chi connectivity index (χ4v) is 2.28. The van der Waals surface area contributed by atoms with Crippen molar-refractivity contribution in [2.75, 3.05) is 20.1 Å². The molecule has 1 heterocycles. The summed E-state index contributed by atoms with van der Waals surface area (Å²) in [5.41, 5.74) is -0.423. The lowest BCUT2D eigenvalue weighted by molar-refractivity contribution is -0.125. The Morgan fingerprint density at radius 1 is 1.41 bits per heavy atom. The summed E-state index contributed by atoms with van der Waals surface area (Å²) in [6, 6.07) is 3.99. The smallest absolute Gasteiger partial charge is 0.230 e. The molecule has 0 saturated heterocycles. The Morgan fingerprint density at radius 3 is 2.65 bits per heavy atom. The predicted molar refractivity (Wildman–Crippen MR) is 76.1 cm³/mol. The number of carbonyl (C=O) groups excluding carboxylic acids is 1. The molecular weight excluding hydrogens is 256 g/mol. The molecule has 1 amide bonds. The third-order valence-corrected chi connectivity index (χ3v) is 3.79. The topological polar surface area (TPSA) is 41.1 Å². The first-order valence-electron chi connectivity index (χ1n) is 5.56. The normalized spacial score (nSPS) is 10.8. The van der Waals surface area contributed by atoms with Crippen molar-refractivity contribution in [2.45, 2.75) is 25.7 Å². The van der Waals surface area contributed by atoms with E-state index in [0.717, 1.165) is 24.4 Å². The van der Waals surface area contributed by atoms with Crippen LogP contribution in [-0.2, 0) is 10.2 Å². The van der Waals surface area contributed by atoms with Gasteiger partial charge in [-0.05, 0) is 45.3 Å². The van der Waals surface area contributed by atoms with Gasteiger partial charge in [0.2, 0.25) is 5.91 Å². The molecule has 0 atom stereocenters. The van der Waals surface area contributed by atoms with E-state index in [2.05, 4.69) is 10.6 Å². The highest BCUT2D eigenvalue weighted by atomic mass is 35.5. The fraction of sp³-hybridized carbons (Fsp3) is 0.583. The van der Waals surface area contributed by atoms with Crippen molar-refractivity contribution in [3.8, 4) is 0 Å². The molecule has 1 aromatic rings. The van der Waals surface area contributed by atoms with Gasteiger partial charge in [0, 0.05) is 11.4 Å². The molecule has 1 aromatic heterocycles. The van der Waals surface area contributed by atoms with Crippen molar-refractivity contribution < 1.29 is 4.79 Å². The van der Waals surface area contributed by atoms with Crippen LogP contribution in [0.1, 0.15) is 25.1 Å². The van der Waals surface area contributed by atoms with Crippen LogP contribution in [0.2, 0.25) is 0 Å². The summed E-state index contributed by atoms with van der Waals surface area (Å²) in [5.74, 6) is 0.103. The highest BCUT2D eigenvalue weighted by Gasteiger charge is 2.30. The molecule has 5 heteroatoms. The summed E-state index contributed by atoms with van der Waals surface area (Å²) in [6.45, 7) is 5.59. The minimum absolute atomic E-state index is 0. The van der Waals surface area contributed by atoms with Crippen LogP contribution >= 0.6 is 23.7 Å². The Bertz CT molecular complexity index is 325. The van der Waals surface area contributed by atoms with Crippen LogP contribution in [0, 0.1) is 0 Å². The van der Waals surface area contributed by atoms with Crippen molar-refractivity contribution >= 4 is 29.7 Å². The molecule has 0 spiro atoms. The van der Waals surface area contributed by atoms with Gasteiger partial charge >= 0.3 is 0 Å². The van der Waals surface area contributed by atoms with E-state index in [-0.39, 0.29) is 18.3 Å². The Kier molecular flexibility index (Phi) is 7.43. The monoisotopic (exact) mass is 276 g/mol. The Balaban J connectivity index is 0.00000256. The summed E-state index contributed by atoms with van der Waals surface area (Å²) in [5, 5.41) is 8.04. The molecular formula is C12H21ClN2OS. The molecule has 0 aromatic carbocycles. The molecule has 2 N–H and O–H groups in total. The second kappa shape index (κ2) is 7.69. The quantitative estimate of drug-likeness (QED) is 0.782. The van der Waals surface area contributed by atoms with Gasteiger partial charge in [-0.3, -0.25) is 4.79 Å². The van der Waals surface area contributed by atoms with E-state index < -0.39 is 5.41 Å². The minimum atomic E-state index is -0.423. The van der Waals surface area contributed by atoms with Gasteiger partial charge in [0.1, 0.15) is 0 Å². The number of hydrogen-bond acceptors (Lipinski definition) is 3. The second-order valence-corrected chi connectivity index (χ2v) is 5.26. The van der Waals surface area contributed by atoms with E-state index in [0.29, 0.717) is 0 Å². The lowest BCUT2D eigenvalue weighted by Crippen LogP contribution is -2.40. The average molecular weight is 277 g/mol. The Hall–Kier alpha value is -0.580. The van der Waals surface area contributed by atoms with Gasteiger partial charge in [-0.1, -0.05) is 6.07 Å². The van der Waals surface area contributed by atoms with Gasteiger partial charge in [0.05, 0.1) is 5.41 Å². The molecule has 0 saturated carbocycles. The molecule has 0 radical (unpaired) electrons. The van der Waals surface area contributed by atoms with Crippen molar-refractivity contribution in [3.63, 3.8) is 0 Å². The number of carbonyl (C=O) groups is 1. The van der Waals surface area contributed by atoms with E-state index in [9.17, 15) is 4.79 Å². The van der Waals surface area contributed by atoms with Gasteiger partial charge < -0.3 is 10.6 Å². The molecule has 3 nitrogen and oxygen atoms in total. The van der Waals surface area contributed by atoms with Crippen molar-refractivity contribution in [1.82, 2.24) is 10.6 Å². The lowest BCUT2D eigenvalue weighted by atomic mass is 9.90. The maximum absolute atomic E-state index is 12.0. The third-order valence-electron chi connectivity index (χ3n) is 2.59. The van der Waals surface area contributed by atoms with E-state index in [1.807, 2.05) is 38.4 Å². The van der Waals surface area contributed by atoms with E-state index >= 15 is 0 Å². The minimum Gasteiger partial charge on any atom is -0.355 e. The molecule has 98 valence electrons.